The Morgan fingerprint density at radius 3 is 2.71 bits per heavy atom. The van der Waals surface area contributed by atoms with Gasteiger partial charge in [0, 0.05) is 32.6 Å². The summed E-state index contributed by atoms with van der Waals surface area (Å²) in [6.07, 6.45) is 0.724. The Balaban J connectivity index is 1.24. The van der Waals surface area contributed by atoms with E-state index < -0.39 is 0 Å². The standard InChI is InChI=1S/C23H28FN5O2/c1-15-13-29(14-16(2)31-15)21-8-7-17(11-18(21)24)12-26-23(30)25-10-9-22-27-19-5-3-4-6-20(19)28-22/h3-8,11,15-16H,9-10,12-14H2,1-2H3,(H,27,28)(H2,25,26,30). The van der Waals surface area contributed by atoms with Crippen molar-refractivity contribution in [2.45, 2.75) is 39.0 Å². The van der Waals surface area contributed by atoms with Gasteiger partial charge in [0.05, 0.1) is 28.9 Å². The van der Waals surface area contributed by atoms with Crippen molar-refractivity contribution in [2.75, 3.05) is 24.5 Å². The van der Waals surface area contributed by atoms with Crippen LogP contribution in [-0.4, -0.2) is 47.8 Å². The molecule has 164 valence electrons. The number of amides is 2. The molecule has 0 radical (unpaired) electrons. The van der Waals surface area contributed by atoms with Gasteiger partial charge in [-0.3, -0.25) is 0 Å². The first-order valence-corrected chi connectivity index (χ1v) is 10.6. The van der Waals surface area contributed by atoms with Gasteiger partial charge in [0.1, 0.15) is 11.6 Å². The number of aromatic amines is 1. The molecule has 0 spiro atoms. The van der Waals surface area contributed by atoms with E-state index in [0.717, 1.165) is 16.9 Å². The van der Waals surface area contributed by atoms with Crippen LogP contribution in [0.2, 0.25) is 0 Å². The number of hydrogen-bond donors (Lipinski definition) is 3. The second-order valence-corrected chi connectivity index (χ2v) is 8.01. The summed E-state index contributed by atoms with van der Waals surface area (Å²) in [5, 5.41) is 5.58. The summed E-state index contributed by atoms with van der Waals surface area (Å²) in [5.74, 6) is 0.539. The zero-order valence-electron chi connectivity index (χ0n) is 17.8. The van der Waals surface area contributed by atoms with Crippen LogP contribution in [0.4, 0.5) is 14.9 Å². The Morgan fingerprint density at radius 2 is 1.97 bits per heavy atom. The molecular formula is C23H28FN5O2. The Bertz CT molecular complexity index is 1010. The van der Waals surface area contributed by atoms with Gasteiger partial charge < -0.3 is 25.3 Å². The molecule has 2 heterocycles. The monoisotopic (exact) mass is 425 g/mol. The average molecular weight is 426 g/mol. The number of aromatic nitrogens is 2. The van der Waals surface area contributed by atoms with E-state index in [-0.39, 0.29) is 30.6 Å². The summed E-state index contributed by atoms with van der Waals surface area (Å²) in [6, 6.07) is 12.6. The number of H-pyrrole nitrogens is 1. The molecule has 1 fully saturated rings. The second kappa shape index (κ2) is 9.34. The summed E-state index contributed by atoms with van der Waals surface area (Å²) in [4.78, 5) is 21.8. The number of ether oxygens (including phenoxy) is 1. The SMILES string of the molecule is CC1CN(c2ccc(CNC(=O)NCCc3nc4ccccc4[nH]3)cc2F)CC(C)O1. The zero-order chi connectivity index (χ0) is 21.8. The number of nitrogens with zero attached hydrogens (tertiary/aromatic N) is 2. The van der Waals surface area contributed by atoms with Gasteiger partial charge in [-0.1, -0.05) is 18.2 Å². The first-order chi connectivity index (χ1) is 15.0. The molecule has 2 unspecified atom stereocenters. The van der Waals surface area contributed by atoms with Crippen LogP contribution in [0.25, 0.3) is 11.0 Å². The number of imidazole rings is 1. The first kappa shape index (κ1) is 21.1. The highest BCUT2D eigenvalue weighted by Crippen LogP contribution is 2.24. The van der Waals surface area contributed by atoms with E-state index >= 15 is 0 Å². The van der Waals surface area contributed by atoms with Crippen molar-refractivity contribution in [3.05, 3.63) is 59.7 Å². The van der Waals surface area contributed by atoms with Crippen LogP contribution < -0.4 is 15.5 Å². The van der Waals surface area contributed by atoms with Crippen LogP contribution >= 0.6 is 0 Å². The number of rotatable bonds is 6. The van der Waals surface area contributed by atoms with Gasteiger partial charge in [-0.05, 0) is 43.7 Å². The Labute approximate surface area is 181 Å². The number of para-hydroxylation sites is 2. The van der Waals surface area contributed by atoms with Crippen molar-refractivity contribution in [2.24, 2.45) is 0 Å². The number of morpholine rings is 1. The lowest BCUT2D eigenvalue weighted by Crippen LogP contribution is -2.45. The van der Waals surface area contributed by atoms with Gasteiger partial charge in [-0.15, -0.1) is 0 Å². The summed E-state index contributed by atoms with van der Waals surface area (Å²) in [7, 11) is 0. The lowest BCUT2D eigenvalue weighted by atomic mass is 10.1. The molecule has 0 bridgehead atoms. The number of nitrogens with one attached hydrogen (secondary N) is 3. The fourth-order valence-corrected chi connectivity index (χ4v) is 3.95. The van der Waals surface area contributed by atoms with Crippen LogP contribution in [0.15, 0.2) is 42.5 Å². The maximum atomic E-state index is 14.7. The molecule has 0 aliphatic carbocycles. The van der Waals surface area contributed by atoms with Crippen LogP contribution in [-0.2, 0) is 17.7 Å². The van der Waals surface area contributed by atoms with E-state index in [9.17, 15) is 9.18 Å². The van der Waals surface area contributed by atoms with E-state index in [0.29, 0.717) is 37.3 Å². The number of benzene rings is 2. The number of carbonyl (C=O) groups excluding carboxylic acids is 1. The van der Waals surface area contributed by atoms with Crippen molar-refractivity contribution in [3.63, 3.8) is 0 Å². The molecule has 31 heavy (non-hydrogen) atoms. The minimum atomic E-state index is -0.295. The summed E-state index contributed by atoms with van der Waals surface area (Å²) in [6.45, 7) is 6.01. The Kier molecular flexibility index (Phi) is 6.36. The molecule has 2 aromatic carbocycles. The minimum Gasteiger partial charge on any atom is -0.372 e. The van der Waals surface area contributed by atoms with Gasteiger partial charge in [-0.25, -0.2) is 14.2 Å². The van der Waals surface area contributed by atoms with Gasteiger partial charge >= 0.3 is 6.03 Å². The number of fused-ring (bicyclic) bond motifs is 1. The number of halogens is 1. The van der Waals surface area contributed by atoms with Gasteiger partial charge in [0.25, 0.3) is 0 Å². The van der Waals surface area contributed by atoms with Crippen molar-refractivity contribution >= 4 is 22.8 Å². The number of hydrogen-bond acceptors (Lipinski definition) is 4. The minimum absolute atomic E-state index is 0.0627. The molecule has 3 N–H and O–H groups in total. The molecule has 7 nitrogen and oxygen atoms in total. The predicted octanol–water partition coefficient (Wildman–Crippen LogP) is 3.36. The smallest absolute Gasteiger partial charge is 0.315 e. The first-order valence-electron chi connectivity index (χ1n) is 10.6. The molecule has 1 aliphatic rings. The topological polar surface area (TPSA) is 82.3 Å². The van der Waals surface area contributed by atoms with Crippen LogP contribution in [0, 0.1) is 5.82 Å². The van der Waals surface area contributed by atoms with Gasteiger partial charge in [-0.2, -0.15) is 0 Å². The molecule has 0 saturated carbocycles. The Morgan fingerprint density at radius 1 is 1.19 bits per heavy atom. The van der Waals surface area contributed by atoms with Gasteiger partial charge in [0.15, 0.2) is 0 Å². The van der Waals surface area contributed by atoms with E-state index in [2.05, 4.69) is 20.6 Å². The quantitative estimate of drug-likeness (QED) is 0.566. The largest absolute Gasteiger partial charge is 0.372 e. The third kappa shape index (κ3) is 5.32. The maximum Gasteiger partial charge on any atom is 0.315 e. The highest BCUT2D eigenvalue weighted by Gasteiger charge is 2.24. The molecule has 3 aromatic rings. The number of carbonyl (C=O) groups is 1. The van der Waals surface area contributed by atoms with E-state index in [4.69, 9.17) is 4.74 Å². The molecule has 2 amide bonds. The van der Waals surface area contributed by atoms with Crippen LogP contribution in [0.3, 0.4) is 0 Å². The second-order valence-electron chi connectivity index (χ2n) is 8.01. The van der Waals surface area contributed by atoms with Crippen LogP contribution in [0.5, 0.6) is 0 Å². The predicted molar refractivity (Wildman–Crippen MR) is 119 cm³/mol. The van der Waals surface area contributed by atoms with Crippen molar-refractivity contribution in [1.82, 2.24) is 20.6 Å². The summed E-state index contributed by atoms with van der Waals surface area (Å²) >= 11 is 0. The molecule has 1 aliphatic heterocycles. The van der Waals surface area contributed by atoms with E-state index in [1.165, 1.54) is 6.07 Å². The summed E-state index contributed by atoms with van der Waals surface area (Å²) < 4.78 is 20.4. The average Bonchev–Trinajstić information content (AvgIpc) is 3.14. The lowest BCUT2D eigenvalue weighted by Gasteiger charge is -2.37. The fraction of sp³-hybridized carbons (Fsp3) is 0.391. The highest BCUT2D eigenvalue weighted by atomic mass is 19.1. The molecule has 2 atom stereocenters. The lowest BCUT2D eigenvalue weighted by molar-refractivity contribution is -0.00539. The molecular weight excluding hydrogens is 397 g/mol. The third-order valence-electron chi connectivity index (χ3n) is 5.31. The number of urea groups is 1. The zero-order valence-corrected chi connectivity index (χ0v) is 17.8. The number of anilines is 1. The molecule has 1 saturated heterocycles. The normalized spacial score (nSPS) is 18.9. The van der Waals surface area contributed by atoms with Crippen molar-refractivity contribution in [3.8, 4) is 0 Å². The van der Waals surface area contributed by atoms with Gasteiger partial charge in [0.2, 0.25) is 0 Å². The van der Waals surface area contributed by atoms with Crippen LogP contribution in [0.1, 0.15) is 25.2 Å². The third-order valence-corrected chi connectivity index (χ3v) is 5.31. The fourth-order valence-electron chi connectivity index (χ4n) is 3.95. The van der Waals surface area contributed by atoms with E-state index in [1.54, 1.807) is 6.07 Å². The maximum absolute atomic E-state index is 14.7. The van der Waals surface area contributed by atoms with E-state index in [1.807, 2.05) is 49.1 Å². The molecule has 8 heteroatoms. The molecule has 1 aromatic heterocycles. The highest BCUT2D eigenvalue weighted by molar-refractivity contribution is 5.75. The van der Waals surface area contributed by atoms with Crippen molar-refractivity contribution in [1.29, 1.82) is 0 Å². The molecule has 4 rings (SSSR count). The van der Waals surface area contributed by atoms with Crippen molar-refractivity contribution < 1.29 is 13.9 Å². The Hall–Kier alpha value is -3.13. The summed E-state index contributed by atoms with van der Waals surface area (Å²) in [5.41, 5.74) is 3.17.